The molecule has 2 aromatic heterocycles. The van der Waals surface area contributed by atoms with Crippen molar-refractivity contribution in [3.8, 4) is 0 Å². The van der Waals surface area contributed by atoms with Crippen LogP contribution in [0.3, 0.4) is 0 Å². The van der Waals surface area contributed by atoms with Crippen LogP contribution in [0.1, 0.15) is 36.6 Å². The van der Waals surface area contributed by atoms with Gasteiger partial charge in [0.2, 0.25) is 0 Å². The van der Waals surface area contributed by atoms with Gasteiger partial charge in [-0.3, -0.25) is 4.90 Å². The van der Waals surface area contributed by atoms with Crippen LogP contribution in [-0.4, -0.2) is 34.0 Å². The SMILES string of the molecule is CCCc1cc2c(NC3CCN(Cc4ccccc4Cl)CC3)ncnc2s1. The normalized spacial score (nSPS) is 16.1. The lowest BCUT2D eigenvalue weighted by Gasteiger charge is -2.32. The Morgan fingerprint density at radius 2 is 2.04 bits per heavy atom. The van der Waals surface area contributed by atoms with E-state index in [0.717, 1.165) is 61.0 Å². The van der Waals surface area contributed by atoms with Gasteiger partial charge in [0.1, 0.15) is 17.0 Å². The smallest absolute Gasteiger partial charge is 0.138 e. The Labute approximate surface area is 169 Å². The lowest BCUT2D eigenvalue weighted by Crippen LogP contribution is -2.38. The number of fused-ring (bicyclic) bond motifs is 1. The van der Waals surface area contributed by atoms with Crippen molar-refractivity contribution < 1.29 is 0 Å². The number of anilines is 1. The van der Waals surface area contributed by atoms with Crippen molar-refractivity contribution in [3.05, 3.63) is 52.1 Å². The molecule has 1 saturated heterocycles. The molecule has 0 atom stereocenters. The zero-order chi connectivity index (χ0) is 18.6. The molecule has 1 aliphatic rings. The van der Waals surface area contributed by atoms with Crippen molar-refractivity contribution in [2.24, 2.45) is 0 Å². The lowest BCUT2D eigenvalue weighted by atomic mass is 10.0. The van der Waals surface area contributed by atoms with Gasteiger partial charge in [0, 0.05) is 35.6 Å². The number of halogens is 1. The molecule has 142 valence electrons. The second-order valence-corrected chi connectivity index (χ2v) is 8.71. The van der Waals surface area contributed by atoms with E-state index in [9.17, 15) is 0 Å². The quantitative estimate of drug-likeness (QED) is 0.603. The van der Waals surface area contributed by atoms with Gasteiger partial charge in [-0.1, -0.05) is 43.1 Å². The number of aromatic nitrogens is 2. The molecule has 0 amide bonds. The van der Waals surface area contributed by atoms with E-state index in [0.29, 0.717) is 6.04 Å². The fraction of sp³-hybridized carbons (Fsp3) is 0.429. The summed E-state index contributed by atoms with van der Waals surface area (Å²) in [5.74, 6) is 0.989. The minimum atomic E-state index is 0.458. The van der Waals surface area contributed by atoms with Crippen LogP contribution in [0.2, 0.25) is 5.02 Å². The molecular weight excluding hydrogens is 376 g/mol. The van der Waals surface area contributed by atoms with Crippen LogP contribution in [-0.2, 0) is 13.0 Å². The third-order valence-electron chi connectivity index (χ3n) is 5.16. The second-order valence-electron chi connectivity index (χ2n) is 7.19. The summed E-state index contributed by atoms with van der Waals surface area (Å²) < 4.78 is 0. The van der Waals surface area contributed by atoms with Gasteiger partial charge in [0.05, 0.1) is 5.39 Å². The van der Waals surface area contributed by atoms with Crippen LogP contribution >= 0.6 is 22.9 Å². The molecular formula is C21H25ClN4S. The third-order valence-corrected chi connectivity index (χ3v) is 6.63. The van der Waals surface area contributed by atoms with Gasteiger partial charge in [-0.2, -0.15) is 0 Å². The Balaban J connectivity index is 1.38. The largest absolute Gasteiger partial charge is 0.367 e. The summed E-state index contributed by atoms with van der Waals surface area (Å²) in [6.07, 6.45) is 6.18. The molecule has 1 aliphatic heterocycles. The van der Waals surface area contributed by atoms with E-state index < -0.39 is 0 Å². The van der Waals surface area contributed by atoms with Gasteiger partial charge in [-0.05, 0) is 37.0 Å². The van der Waals surface area contributed by atoms with E-state index in [2.05, 4.69) is 45.3 Å². The number of likely N-dealkylation sites (tertiary alicyclic amines) is 1. The van der Waals surface area contributed by atoms with E-state index in [4.69, 9.17) is 11.6 Å². The topological polar surface area (TPSA) is 41.0 Å². The molecule has 1 fully saturated rings. The number of nitrogens with zero attached hydrogens (tertiary/aromatic N) is 3. The summed E-state index contributed by atoms with van der Waals surface area (Å²) in [5.41, 5.74) is 1.21. The maximum Gasteiger partial charge on any atom is 0.138 e. The molecule has 0 aliphatic carbocycles. The van der Waals surface area contributed by atoms with Crippen molar-refractivity contribution >= 4 is 39.0 Å². The zero-order valence-electron chi connectivity index (χ0n) is 15.6. The Kier molecular flexibility index (Phi) is 5.91. The number of nitrogens with one attached hydrogen (secondary N) is 1. The van der Waals surface area contributed by atoms with E-state index in [1.54, 1.807) is 17.7 Å². The molecule has 0 radical (unpaired) electrons. The highest BCUT2D eigenvalue weighted by molar-refractivity contribution is 7.18. The number of hydrogen-bond acceptors (Lipinski definition) is 5. The van der Waals surface area contributed by atoms with Crippen LogP contribution in [0.5, 0.6) is 0 Å². The minimum absolute atomic E-state index is 0.458. The molecule has 3 aromatic rings. The van der Waals surface area contributed by atoms with Crippen molar-refractivity contribution in [2.45, 2.75) is 45.2 Å². The average molecular weight is 401 g/mol. The molecule has 1 aromatic carbocycles. The fourth-order valence-electron chi connectivity index (χ4n) is 3.69. The monoisotopic (exact) mass is 400 g/mol. The average Bonchev–Trinajstić information content (AvgIpc) is 3.09. The summed E-state index contributed by atoms with van der Waals surface area (Å²) in [6, 6.07) is 10.9. The number of piperidine rings is 1. The van der Waals surface area contributed by atoms with E-state index in [1.807, 2.05) is 12.1 Å². The second kappa shape index (κ2) is 8.55. The first-order valence-corrected chi connectivity index (χ1v) is 10.9. The Morgan fingerprint density at radius 3 is 2.81 bits per heavy atom. The van der Waals surface area contributed by atoms with Crippen molar-refractivity contribution in [2.75, 3.05) is 18.4 Å². The van der Waals surface area contributed by atoms with E-state index in [-0.39, 0.29) is 0 Å². The predicted octanol–water partition coefficient (Wildman–Crippen LogP) is 5.37. The van der Waals surface area contributed by atoms with Gasteiger partial charge < -0.3 is 5.32 Å². The summed E-state index contributed by atoms with van der Waals surface area (Å²) in [5, 5.41) is 5.71. The minimum Gasteiger partial charge on any atom is -0.367 e. The highest BCUT2D eigenvalue weighted by Gasteiger charge is 2.21. The van der Waals surface area contributed by atoms with Gasteiger partial charge in [-0.15, -0.1) is 11.3 Å². The van der Waals surface area contributed by atoms with Crippen LogP contribution in [0.15, 0.2) is 36.7 Å². The zero-order valence-corrected chi connectivity index (χ0v) is 17.2. The molecule has 4 nitrogen and oxygen atoms in total. The number of benzene rings is 1. The Bertz CT molecular complexity index is 902. The highest BCUT2D eigenvalue weighted by Crippen LogP contribution is 2.30. The predicted molar refractivity (Wildman–Crippen MR) is 115 cm³/mol. The summed E-state index contributed by atoms with van der Waals surface area (Å²) >= 11 is 8.10. The van der Waals surface area contributed by atoms with Crippen molar-refractivity contribution in [1.82, 2.24) is 14.9 Å². The number of thiophene rings is 1. The number of rotatable bonds is 6. The van der Waals surface area contributed by atoms with Gasteiger partial charge in [-0.25, -0.2) is 9.97 Å². The van der Waals surface area contributed by atoms with Crippen LogP contribution in [0, 0.1) is 0 Å². The molecule has 0 spiro atoms. The highest BCUT2D eigenvalue weighted by atomic mass is 35.5. The number of aryl methyl sites for hydroxylation is 1. The molecule has 4 rings (SSSR count). The first kappa shape index (κ1) is 18.7. The number of hydrogen-bond donors (Lipinski definition) is 1. The van der Waals surface area contributed by atoms with Crippen LogP contribution in [0.4, 0.5) is 5.82 Å². The molecule has 3 heterocycles. The van der Waals surface area contributed by atoms with E-state index in [1.165, 1.54) is 15.8 Å². The van der Waals surface area contributed by atoms with Gasteiger partial charge in [0.15, 0.2) is 0 Å². The maximum absolute atomic E-state index is 6.31. The first-order valence-electron chi connectivity index (χ1n) is 9.68. The summed E-state index contributed by atoms with van der Waals surface area (Å²) in [6.45, 7) is 5.28. The third kappa shape index (κ3) is 4.42. The van der Waals surface area contributed by atoms with Crippen molar-refractivity contribution in [3.63, 3.8) is 0 Å². The van der Waals surface area contributed by atoms with Gasteiger partial charge >= 0.3 is 0 Å². The van der Waals surface area contributed by atoms with Crippen molar-refractivity contribution in [1.29, 1.82) is 0 Å². The lowest BCUT2D eigenvalue weighted by molar-refractivity contribution is 0.211. The fourth-order valence-corrected chi connectivity index (χ4v) is 4.98. The summed E-state index contributed by atoms with van der Waals surface area (Å²) in [7, 11) is 0. The molecule has 0 bridgehead atoms. The maximum atomic E-state index is 6.31. The Morgan fingerprint density at radius 1 is 1.22 bits per heavy atom. The molecule has 0 saturated carbocycles. The molecule has 6 heteroatoms. The molecule has 27 heavy (non-hydrogen) atoms. The summed E-state index contributed by atoms with van der Waals surface area (Å²) in [4.78, 5) is 13.9. The first-order chi connectivity index (χ1) is 13.2. The van der Waals surface area contributed by atoms with Crippen LogP contribution in [0.25, 0.3) is 10.2 Å². The van der Waals surface area contributed by atoms with Gasteiger partial charge in [0.25, 0.3) is 0 Å². The standard InChI is InChI=1S/C21H25ClN4S/c1-2-5-17-12-18-20(23-14-24-21(18)27-17)25-16-8-10-26(11-9-16)13-15-6-3-4-7-19(15)22/h3-4,6-7,12,14,16H,2,5,8-11,13H2,1H3,(H,23,24,25). The molecule has 0 unspecified atom stereocenters. The Hall–Kier alpha value is -1.69. The molecule has 1 N–H and O–H groups in total. The van der Waals surface area contributed by atoms with E-state index >= 15 is 0 Å². The van der Waals surface area contributed by atoms with Crippen LogP contribution < -0.4 is 5.32 Å².